The molecular formula is C28H37Cl2F3N4O4. The zero-order valence-corrected chi connectivity index (χ0v) is 25.4. The summed E-state index contributed by atoms with van der Waals surface area (Å²) in [5.41, 5.74) is -2.49. The van der Waals surface area contributed by atoms with Crippen LogP contribution in [0.3, 0.4) is 0 Å². The molecular weight excluding hydrogens is 584 g/mol. The van der Waals surface area contributed by atoms with E-state index in [-0.39, 0.29) is 53.1 Å². The lowest BCUT2D eigenvalue weighted by atomic mass is 9.72. The number of aliphatic hydroxyl groups excluding tert-OH is 1. The van der Waals surface area contributed by atoms with Gasteiger partial charge >= 0.3 is 12.1 Å². The summed E-state index contributed by atoms with van der Waals surface area (Å²) in [4.78, 5) is 30.8. The number of alkyl halides is 3. The van der Waals surface area contributed by atoms with Crippen molar-refractivity contribution in [3.8, 4) is 0 Å². The van der Waals surface area contributed by atoms with Gasteiger partial charge in [-0.15, -0.1) is 0 Å². The largest absolute Gasteiger partial charge is 0.466 e. The molecule has 0 spiro atoms. The van der Waals surface area contributed by atoms with Crippen molar-refractivity contribution in [2.24, 2.45) is 10.8 Å². The average Bonchev–Trinajstić information content (AvgIpc) is 3.28. The van der Waals surface area contributed by atoms with Gasteiger partial charge in [0.05, 0.1) is 53.5 Å². The fourth-order valence-electron chi connectivity index (χ4n) is 5.36. The fourth-order valence-corrected chi connectivity index (χ4v) is 5.98. The molecule has 1 aliphatic rings. The summed E-state index contributed by atoms with van der Waals surface area (Å²) in [5, 5.41) is 15.2. The Labute approximate surface area is 248 Å². The molecule has 2 aromatic rings. The van der Waals surface area contributed by atoms with Gasteiger partial charge in [0.2, 0.25) is 0 Å². The maximum absolute atomic E-state index is 14.5. The number of carbonyl (C=O) groups excluding carboxylic acids is 2. The molecule has 0 bridgehead atoms. The SMILES string of the molecule is CCOC(=O)CC1(C)CCC(n2ncc(C(=O)N(CC(O)c3c(Cl)cncc3Cl)CC(C)(C)C)c2C(F)(F)F)CC1. The standard InChI is InChI=1S/C28H37Cl2F3N4O4/c1-6-41-22(39)11-27(5)9-7-17(8-10-27)37-24(28(31,32)33)18(12-35-37)25(40)36(16-26(2,3)4)15-21(38)23-19(29)13-34-14-20(23)30/h12-14,17,21,38H,6-11,15-16H2,1-5H3. The molecule has 0 aliphatic heterocycles. The number of nitrogens with zero attached hydrogens (tertiary/aromatic N) is 4. The number of carbonyl (C=O) groups is 2. The molecule has 2 aromatic heterocycles. The highest BCUT2D eigenvalue weighted by molar-refractivity contribution is 6.35. The van der Waals surface area contributed by atoms with E-state index in [2.05, 4.69) is 10.1 Å². The van der Waals surface area contributed by atoms with Gasteiger partial charge in [-0.25, -0.2) is 0 Å². The molecule has 1 aliphatic carbocycles. The minimum atomic E-state index is -4.86. The van der Waals surface area contributed by atoms with Crippen molar-refractivity contribution in [2.75, 3.05) is 19.7 Å². The number of ether oxygens (including phenoxy) is 1. The minimum absolute atomic E-state index is 0.0430. The number of esters is 1. The van der Waals surface area contributed by atoms with Crippen LogP contribution in [0.5, 0.6) is 0 Å². The monoisotopic (exact) mass is 620 g/mol. The Hall–Kier alpha value is -2.37. The zero-order chi connectivity index (χ0) is 30.8. The molecule has 0 saturated heterocycles. The Morgan fingerprint density at radius 3 is 2.27 bits per heavy atom. The van der Waals surface area contributed by atoms with Crippen LogP contribution in [0.1, 0.15) is 100 Å². The Morgan fingerprint density at radius 1 is 1.17 bits per heavy atom. The third kappa shape index (κ3) is 8.35. The Kier molecular flexibility index (Phi) is 10.4. The average molecular weight is 622 g/mol. The molecule has 1 amide bonds. The normalized spacial score (nSPS) is 20.5. The Bertz CT molecular complexity index is 1220. The second-order valence-corrected chi connectivity index (χ2v) is 13.0. The number of aromatic nitrogens is 3. The van der Waals surface area contributed by atoms with Crippen molar-refractivity contribution in [1.29, 1.82) is 0 Å². The highest BCUT2D eigenvalue weighted by atomic mass is 35.5. The number of rotatable bonds is 9. The first kappa shape index (κ1) is 33.1. The van der Waals surface area contributed by atoms with Gasteiger partial charge in [0.25, 0.3) is 5.91 Å². The first-order valence-corrected chi connectivity index (χ1v) is 14.3. The van der Waals surface area contributed by atoms with E-state index in [1.54, 1.807) is 6.92 Å². The van der Waals surface area contributed by atoms with Gasteiger partial charge in [0, 0.05) is 24.5 Å². The van der Waals surface area contributed by atoms with Crippen molar-refractivity contribution < 1.29 is 32.6 Å². The van der Waals surface area contributed by atoms with E-state index in [0.717, 1.165) is 10.9 Å². The molecule has 0 radical (unpaired) electrons. The highest BCUT2D eigenvalue weighted by Crippen LogP contribution is 2.45. The van der Waals surface area contributed by atoms with Gasteiger partial charge in [-0.2, -0.15) is 18.3 Å². The van der Waals surface area contributed by atoms with Crippen LogP contribution in [0.15, 0.2) is 18.6 Å². The molecule has 1 atom stereocenters. The van der Waals surface area contributed by atoms with Crippen LogP contribution in [0.25, 0.3) is 0 Å². The van der Waals surface area contributed by atoms with Gasteiger partial charge in [-0.3, -0.25) is 19.3 Å². The summed E-state index contributed by atoms with van der Waals surface area (Å²) >= 11 is 12.4. The number of amides is 1. The van der Waals surface area contributed by atoms with Gasteiger partial charge in [0.1, 0.15) is 0 Å². The van der Waals surface area contributed by atoms with Gasteiger partial charge < -0.3 is 14.7 Å². The molecule has 13 heteroatoms. The maximum atomic E-state index is 14.5. The summed E-state index contributed by atoms with van der Waals surface area (Å²) in [5.74, 6) is -1.24. The lowest BCUT2D eigenvalue weighted by molar-refractivity contribution is -0.146. The van der Waals surface area contributed by atoms with Crippen molar-refractivity contribution in [2.45, 2.75) is 85.0 Å². The predicted octanol–water partition coefficient (Wildman–Crippen LogP) is 6.90. The first-order chi connectivity index (χ1) is 19.0. The smallest absolute Gasteiger partial charge is 0.433 e. The van der Waals surface area contributed by atoms with Crippen LogP contribution in [0, 0.1) is 10.8 Å². The van der Waals surface area contributed by atoms with Crippen LogP contribution in [-0.2, 0) is 15.7 Å². The Morgan fingerprint density at radius 2 is 1.76 bits per heavy atom. The van der Waals surface area contributed by atoms with Crippen molar-refractivity contribution >= 4 is 35.1 Å². The zero-order valence-electron chi connectivity index (χ0n) is 23.9. The quantitative estimate of drug-likeness (QED) is 0.306. The molecule has 1 N–H and O–H groups in total. The van der Waals surface area contributed by atoms with Crippen molar-refractivity contribution in [1.82, 2.24) is 19.7 Å². The maximum Gasteiger partial charge on any atom is 0.433 e. The summed E-state index contributed by atoms with van der Waals surface area (Å²) < 4.78 is 49.5. The topological polar surface area (TPSA) is 97.6 Å². The van der Waals surface area contributed by atoms with E-state index in [0.29, 0.717) is 25.7 Å². The second-order valence-electron chi connectivity index (χ2n) is 12.2. The minimum Gasteiger partial charge on any atom is -0.466 e. The number of pyridine rings is 1. The van der Waals surface area contributed by atoms with Crippen LogP contribution < -0.4 is 0 Å². The summed E-state index contributed by atoms with van der Waals surface area (Å²) in [6.07, 6.45) is -0.787. The third-order valence-corrected chi connectivity index (χ3v) is 7.85. The second kappa shape index (κ2) is 12.9. The van der Waals surface area contributed by atoms with Gasteiger partial charge in [0.15, 0.2) is 5.69 Å². The van der Waals surface area contributed by atoms with Crippen molar-refractivity contribution in [3.63, 3.8) is 0 Å². The van der Waals surface area contributed by atoms with Crippen molar-refractivity contribution in [3.05, 3.63) is 45.5 Å². The van der Waals surface area contributed by atoms with Crippen LogP contribution in [-0.4, -0.2) is 56.3 Å². The number of aliphatic hydroxyl groups is 1. The molecule has 1 unspecified atom stereocenters. The van der Waals surface area contributed by atoms with E-state index in [9.17, 15) is 27.9 Å². The summed E-state index contributed by atoms with van der Waals surface area (Å²) in [6, 6.07) is -0.598. The molecule has 8 nitrogen and oxygen atoms in total. The van der Waals surface area contributed by atoms with Crippen LogP contribution >= 0.6 is 23.2 Å². The van der Waals surface area contributed by atoms with Gasteiger partial charge in [-0.1, -0.05) is 50.9 Å². The predicted molar refractivity (Wildman–Crippen MR) is 149 cm³/mol. The molecule has 1 fully saturated rings. The molecule has 1 saturated carbocycles. The lowest BCUT2D eigenvalue weighted by Crippen LogP contribution is -2.41. The van der Waals surface area contributed by atoms with E-state index in [4.69, 9.17) is 27.9 Å². The van der Waals surface area contributed by atoms with Gasteiger partial charge in [-0.05, 0) is 43.4 Å². The van der Waals surface area contributed by atoms with E-state index in [1.165, 1.54) is 17.3 Å². The van der Waals surface area contributed by atoms with Crippen LogP contribution in [0.2, 0.25) is 10.0 Å². The lowest BCUT2D eigenvalue weighted by Gasteiger charge is -2.37. The molecule has 0 aromatic carbocycles. The molecule has 2 heterocycles. The first-order valence-electron chi connectivity index (χ1n) is 13.5. The summed E-state index contributed by atoms with van der Waals surface area (Å²) in [7, 11) is 0. The molecule has 41 heavy (non-hydrogen) atoms. The third-order valence-electron chi connectivity index (χ3n) is 7.25. The van der Waals surface area contributed by atoms with E-state index >= 15 is 0 Å². The molecule has 228 valence electrons. The number of hydrogen-bond donors (Lipinski definition) is 1. The molecule has 3 rings (SSSR count). The van der Waals surface area contributed by atoms with Crippen LogP contribution in [0.4, 0.5) is 13.2 Å². The summed E-state index contributed by atoms with van der Waals surface area (Å²) in [6.45, 7) is 9.10. The fraction of sp³-hybridized carbons (Fsp3) is 0.643. The number of hydrogen-bond acceptors (Lipinski definition) is 6. The number of halogens is 5. The highest BCUT2D eigenvalue weighted by Gasteiger charge is 2.44. The van der Waals surface area contributed by atoms with E-state index < -0.39 is 40.9 Å². The Balaban J connectivity index is 1.91. The van der Waals surface area contributed by atoms with E-state index in [1.807, 2.05) is 27.7 Å².